The van der Waals surface area contributed by atoms with E-state index in [1.54, 1.807) is 0 Å². The van der Waals surface area contributed by atoms with Gasteiger partial charge in [0, 0.05) is 53.0 Å². The lowest BCUT2D eigenvalue weighted by molar-refractivity contribution is 0.474. The van der Waals surface area contributed by atoms with Crippen LogP contribution >= 0.6 is 0 Å². The van der Waals surface area contributed by atoms with E-state index in [0.29, 0.717) is 0 Å². The van der Waals surface area contributed by atoms with E-state index < -0.39 is 0 Å². The van der Waals surface area contributed by atoms with Crippen molar-refractivity contribution >= 4 is 28.3 Å². The Morgan fingerprint density at radius 1 is 0.732 bits per heavy atom. The minimum atomic E-state index is 0.884. The Bertz CT molecular complexity index is 1820. The van der Waals surface area contributed by atoms with E-state index in [2.05, 4.69) is 116 Å². The summed E-state index contributed by atoms with van der Waals surface area (Å²) in [6, 6.07) is 29.7. The van der Waals surface area contributed by atoms with Gasteiger partial charge in [0.05, 0.1) is 6.07 Å². The van der Waals surface area contributed by atoms with Crippen molar-refractivity contribution in [2.24, 2.45) is 0 Å². The fourth-order valence-corrected chi connectivity index (χ4v) is 5.89. The molecule has 4 heteroatoms. The van der Waals surface area contributed by atoms with Crippen LogP contribution in [-0.4, -0.2) is 26.2 Å². The van der Waals surface area contributed by atoms with Crippen molar-refractivity contribution < 1.29 is 9.15 Å². The molecule has 0 atom stereocenters. The monoisotopic (exact) mass is 541 g/mol. The summed E-state index contributed by atoms with van der Waals surface area (Å²) >= 11 is 0. The van der Waals surface area contributed by atoms with Gasteiger partial charge in [0.15, 0.2) is 0 Å². The highest BCUT2D eigenvalue weighted by atomic mass is 16.5. The standard InChI is InChI=1S/C37H37N2O2/c1-5-38(6-2)26-20-22-32-28(30-14-9-11-18-34(30)40-36(32)24-26)16-13-17-29-31-15-10-12-19-35(31)41-37-25-27(21-23-33(29)37)39(7-3)8-4/h9-25H,5-8H2,1-4H3/q+1. The Hall–Kier alpha value is -4.57. The Balaban J connectivity index is 1.49. The minimum absolute atomic E-state index is 0.884. The lowest BCUT2D eigenvalue weighted by Crippen LogP contribution is -2.29. The van der Waals surface area contributed by atoms with Crippen LogP contribution < -0.4 is 19.6 Å². The molecule has 0 amide bonds. The predicted molar refractivity (Wildman–Crippen MR) is 172 cm³/mol. The van der Waals surface area contributed by atoms with Crippen LogP contribution in [0, 0.1) is 0 Å². The van der Waals surface area contributed by atoms with E-state index in [1.165, 1.54) is 11.0 Å². The van der Waals surface area contributed by atoms with Gasteiger partial charge in [0.2, 0.25) is 5.36 Å². The molecule has 3 aromatic rings. The topological polar surface area (TPSA) is 28.6 Å². The van der Waals surface area contributed by atoms with Crippen LogP contribution in [0.25, 0.3) is 33.9 Å². The summed E-state index contributed by atoms with van der Waals surface area (Å²) in [6.07, 6.45) is 6.59. The predicted octanol–water partition coefficient (Wildman–Crippen LogP) is 8.45. The number of para-hydroxylation sites is 2. The normalized spacial score (nSPS) is 13.4. The van der Waals surface area contributed by atoms with Crippen LogP contribution in [0.15, 0.2) is 101 Å². The zero-order valence-electron chi connectivity index (χ0n) is 24.4. The number of allylic oxidation sites excluding steroid dienone is 2. The van der Waals surface area contributed by atoms with Gasteiger partial charge in [-0.05, 0) is 69.2 Å². The van der Waals surface area contributed by atoms with Gasteiger partial charge >= 0.3 is 0 Å². The zero-order valence-corrected chi connectivity index (χ0v) is 24.4. The first-order valence-electron chi connectivity index (χ1n) is 14.7. The molecule has 3 aliphatic rings. The van der Waals surface area contributed by atoms with Crippen molar-refractivity contribution in [2.75, 3.05) is 31.1 Å². The fourth-order valence-electron chi connectivity index (χ4n) is 5.89. The molecule has 6 rings (SSSR count). The fraction of sp³-hybridized carbons (Fsp3) is 0.216. The van der Waals surface area contributed by atoms with Crippen molar-refractivity contribution in [3.05, 3.63) is 119 Å². The maximum absolute atomic E-state index is 6.41. The molecule has 0 spiro atoms. The van der Waals surface area contributed by atoms with Crippen LogP contribution in [0.3, 0.4) is 0 Å². The first-order valence-corrected chi connectivity index (χ1v) is 14.7. The summed E-state index contributed by atoms with van der Waals surface area (Å²) in [5.74, 6) is 2.67. The largest absolute Gasteiger partial charge is 0.456 e. The third kappa shape index (κ3) is 4.95. The number of benzene rings is 4. The first-order chi connectivity index (χ1) is 20.1. The summed E-state index contributed by atoms with van der Waals surface area (Å²) in [7, 11) is 0. The highest BCUT2D eigenvalue weighted by molar-refractivity contribution is 5.95. The maximum atomic E-state index is 6.41. The van der Waals surface area contributed by atoms with Crippen LogP contribution in [-0.2, 0) is 0 Å². The Morgan fingerprint density at radius 3 is 2.27 bits per heavy atom. The van der Waals surface area contributed by atoms with E-state index in [-0.39, 0.29) is 0 Å². The van der Waals surface area contributed by atoms with Gasteiger partial charge in [0.25, 0.3) is 0 Å². The highest BCUT2D eigenvalue weighted by Gasteiger charge is 2.22. The molecule has 1 aliphatic carbocycles. The van der Waals surface area contributed by atoms with E-state index in [1.807, 2.05) is 24.3 Å². The molecular formula is C37H37N2O2+. The number of nitrogens with zero attached hydrogens (tertiary/aromatic N) is 2. The van der Waals surface area contributed by atoms with E-state index in [4.69, 9.17) is 9.15 Å². The Labute approximate surface area is 242 Å². The highest BCUT2D eigenvalue weighted by Crippen LogP contribution is 2.45. The second-order valence-electron chi connectivity index (χ2n) is 10.3. The second-order valence-corrected chi connectivity index (χ2v) is 10.3. The molecular weight excluding hydrogens is 504 g/mol. The molecule has 3 aromatic carbocycles. The van der Waals surface area contributed by atoms with Crippen LogP contribution in [0.4, 0.5) is 5.69 Å². The zero-order chi connectivity index (χ0) is 28.3. The molecule has 0 aromatic heterocycles. The lowest BCUT2D eigenvalue weighted by atomic mass is 9.92. The number of hydrogen-bond acceptors (Lipinski definition) is 3. The molecule has 41 heavy (non-hydrogen) atoms. The van der Waals surface area contributed by atoms with Crippen molar-refractivity contribution in [3.8, 4) is 22.8 Å². The van der Waals surface area contributed by atoms with E-state index in [9.17, 15) is 0 Å². The number of rotatable bonds is 7. The molecule has 0 saturated heterocycles. The molecule has 0 saturated carbocycles. The van der Waals surface area contributed by atoms with Crippen LogP contribution in [0.5, 0.6) is 11.5 Å². The van der Waals surface area contributed by atoms with Gasteiger partial charge in [-0.2, -0.15) is 0 Å². The molecule has 0 unspecified atom stereocenters. The minimum Gasteiger partial charge on any atom is -0.456 e. The average Bonchev–Trinajstić information content (AvgIpc) is 3.01. The molecule has 0 bridgehead atoms. The molecule has 2 aliphatic heterocycles. The van der Waals surface area contributed by atoms with Gasteiger partial charge in [-0.3, -0.25) is 0 Å². The van der Waals surface area contributed by atoms with Crippen LogP contribution in [0.1, 0.15) is 44.4 Å². The Kier molecular flexibility index (Phi) is 7.47. The lowest BCUT2D eigenvalue weighted by Gasteiger charge is -2.26. The van der Waals surface area contributed by atoms with Gasteiger partial charge in [-0.1, -0.05) is 54.6 Å². The average molecular weight is 542 g/mol. The molecule has 206 valence electrons. The molecule has 0 fully saturated rings. The first kappa shape index (κ1) is 26.6. The van der Waals surface area contributed by atoms with E-state index in [0.717, 1.165) is 82.2 Å². The van der Waals surface area contributed by atoms with Crippen molar-refractivity contribution in [1.82, 2.24) is 4.58 Å². The third-order valence-electron chi connectivity index (χ3n) is 8.09. The van der Waals surface area contributed by atoms with Crippen molar-refractivity contribution in [1.29, 1.82) is 0 Å². The molecule has 2 heterocycles. The second kappa shape index (κ2) is 11.5. The molecule has 0 N–H and O–H groups in total. The summed E-state index contributed by atoms with van der Waals surface area (Å²) in [4.78, 5) is 2.34. The van der Waals surface area contributed by atoms with E-state index >= 15 is 0 Å². The van der Waals surface area contributed by atoms with Gasteiger partial charge in [0.1, 0.15) is 35.9 Å². The summed E-state index contributed by atoms with van der Waals surface area (Å²) in [5, 5.41) is 2.28. The Morgan fingerprint density at radius 2 is 1.46 bits per heavy atom. The van der Waals surface area contributed by atoms with Gasteiger partial charge in [-0.25, -0.2) is 4.58 Å². The number of ether oxygens (including phenoxy) is 1. The van der Waals surface area contributed by atoms with Gasteiger partial charge in [-0.15, -0.1) is 0 Å². The summed E-state index contributed by atoms with van der Waals surface area (Å²) < 4.78 is 15.2. The van der Waals surface area contributed by atoms with Crippen molar-refractivity contribution in [3.63, 3.8) is 0 Å². The number of fused-ring (bicyclic) bond motifs is 4. The van der Waals surface area contributed by atoms with Gasteiger partial charge < -0.3 is 14.1 Å². The maximum Gasteiger partial charge on any atom is 0.203 e. The number of hydrogen-bond donors (Lipinski definition) is 0. The number of anilines is 1. The van der Waals surface area contributed by atoms with Crippen LogP contribution in [0.2, 0.25) is 0 Å². The molecule has 0 radical (unpaired) electrons. The third-order valence-corrected chi connectivity index (χ3v) is 8.09. The smallest absolute Gasteiger partial charge is 0.203 e. The summed E-state index contributed by atoms with van der Waals surface area (Å²) in [6.45, 7) is 12.6. The van der Waals surface area contributed by atoms with Crippen molar-refractivity contribution in [2.45, 2.75) is 27.7 Å². The molecule has 4 nitrogen and oxygen atoms in total. The SMILES string of the molecule is CCN(CC)c1ccc2c(c1)Oc1ccccc1C2=CC=Cc1c2ccc(=[N+](CC)CC)cc-2oc2ccccc12. The quantitative estimate of drug-likeness (QED) is 0.150. The summed E-state index contributed by atoms with van der Waals surface area (Å²) in [5.41, 5.74) is 7.68.